The van der Waals surface area contributed by atoms with Crippen LogP contribution in [-0.4, -0.2) is 5.91 Å². The molecule has 3 heteroatoms. The van der Waals surface area contributed by atoms with Gasteiger partial charge in [-0.05, 0) is 6.42 Å². The lowest BCUT2D eigenvalue weighted by atomic mass is 10.2. The summed E-state index contributed by atoms with van der Waals surface area (Å²) in [7, 11) is 0. The van der Waals surface area contributed by atoms with Gasteiger partial charge in [0.25, 0.3) is 0 Å². The lowest BCUT2D eigenvalue weighted by molar-refractivity contribution is -0.118. The Labute approximate surface area is 56.2 Å². The fourth-order valence-corrected chi connectivity index (χ4v) is 0.549. The summed E-state index contributed by atoms with van der Waals surface area (Å²) in [6.45, 7) is 2.10. The third kappa shape index (κ3) is 11.2. The molecule has 0 radical (unpaired) electrons. The molecule has 0 heterocycles. The second kappa shape index (κ2) is 7.43. The summed E-state index contributed by atoms with van der Waals surface area (Å²) in [6, 6.07) is 0. The fraction of sp³-hybridized carbons (Fsp3) is 0.833. The van der Waals surface area contributed by atoms with E-state index in [1.807, 2.05) is 0 Å². The lowest BCUT2D eigenvalue weighted by Crippen LogP contribution is -2.09. The van der Waals surface area contributed by atoms with Crippen molar-refractivity contribution in [3.05, 3.63) is 0 Å². The van der Waals surface area contributed by atoms with Gasteiger partial charge in [-0.2, -0.15) is 0 Å². The van der Waals surface area contributed by atoms with Gasteiger partial charge in [-0.15, -0.1) is 0 Å². The van der Waals surface area contributed by atoms with Crippen molar-refractivity contribution < 1.29 is 4.79 Å². The third-order valence-corrected chi connectivity index (χ3v) is 1.03. The van der Waals surface area contributed by atoms with Crippen molar-refractivity contribution in [3.63, 3.8) is 0 Å². The zero-order chi connectivity index (χ0) is 6.41. The van der Waals surface area contributed by atoms with Crippen LogP contribution >= 0.6 is 0 Å². The van der Waals surface area contributed by atoms with Crippen LogP contribution in [0, 0.1) is 0 Å². The third-order valence-electron chi connectivity index (χ3n) is 1.03. The van der Waals surface area contributed by atoms with Crippen molar-refractivity contribution in [1.82, 2.24) is 6.15 Å². The molecule has 56 valence electrons. The van der Waals surface area contributed by atoms with E-state index in [0.717, 1.165) is 19.3 Å². The minimum absolute atomic E-state index is 0. The second-order valence-corrected chi connectivity index (χ2v) is 1.92. The van der Waals surface area contributed by atoms with E-state index in [0.29, 0.717) is 6.42 Å². The molecule has 0 saturated heterocycles. The summed E-state index contributed by atoms with van der Waals surface area (Å²) in [5, 5.41) is 0. The standard InChI is InChI=1S/C6H13NO.H3N/c1-2-3-4-5-6(7)8;/h2-5H2,1H3,(H2,7,8);1H3. The molecule has 0 atom stereocenters. The largest absolute Gasteiger partial charge is 0.370 e. The maximum absolute atomic E-state index is 10.1. The van der Waals surface area contributed by atoms with Crippen LogP contribution in [0.4, 0.5) is 0 Å². The first-order chi connectivity index (χ1) is 3.77. The number of hydrogen-bond donors (Lipinski definition) is 2. The highest BCUT2D eigenvalue weighted by atomic mass is 16.1. The molecule has 0 aliphatic carbocycles. The van der Waals surface area contributed by atoms with Gasteiger partial charge in [0.05, 0.1) is 0 Å². The molecule has 0 rings (SSSR count). The van der Waals surface area contributed by atoms with Gasteiger partial charge in [0.15, 0.2) is 0 Å². The SMILES string of the molecule is CCCCCC(N)=O.N. The second-order valence-electron chi connectivity index (χ2n) is 1.92. The van der Waals surface area contributed by atoms with Crippen LogP contribution in [0.2, 0.25) is 0 Å². The lowest BCUT2D eigenvalue weighted by Gasteiger charge is -1.90. The molecule has 0 aliphatic rings. The molecule has 0 aromatic carbocycles. The number of primary amides is 1. The molecular weight excluding hydrogens is 116 g/mol. The average Bonchev–Trinajstić information content (AvgIpc) is 1.66. The smallest absolute Gasteiger partial charge is 0.217 e. The quantitative estimate of drug-likeness (QED) is 0.564. The molecule has 3 nitrogen and oxygen atoms in total. The first kappa shape index (κ1) is 11.3. The van der Waals surface area contributed by atoms with Crippen LogP contribution in [0.5, 0.6) is 0 Å². The predicted octanol–water partition coefficient (Wildman–Crippen LogP) is 1.21. The first-order valence-electron chi connectivity index (χ1n) is 3.05. The summed E-state index contributed by atoms with van der Waals surface area (Å²) in [5.74, 6) is -0.182. The van der Waals surface area contributed by atoms with Gasteiger partial charge in [0.2, 0.25) is 5.91 Å². The van der Waals surface area contributed by atoms with Crippen molar-refractivity contribution in [3.8, 4) is 0 Å². The van der Waals surface area contributed by atoms with Crippen LogP contribution in [0.25, 0.3) is 0 Å². The summed E-state index contributed by atoms with van der Waals surface area (Å²) in [6.07, 6.45) is 3.76. The van der Waals surface area contributed by atoms with Crippen LogP contribution in [-0.2, 0) is 4.79 Å². The molecule has 0 aliphatic heterocycles. The Hall–Kier alpha value is -0.570. The number of nitrogens with two attached hydrogens (primary N) is 1. The Morgan fingerprint density at radius 1 is 1.44 bits per heavy atom. The Kier molecular flexibility index (Phi) is 9.29. The van der Waals surface area contributed by atoms with Crippen LogP contribution in [0.1, 0.15) is 32.6 Å². The molecule has 0 unspecified atom stereocenters. The zero-order valence-electron chi connectivity index (χ0n) is 6.02. The highest BCUT2D eigenvalue weighted by molar-refractivity contribution is 5.73. The molecule has 5 N–H and O–H groups in total. The van der Waals surface area contributed by atoms with E-state index in [4.69, 9.17) is 5.73 Å². The van der Waals surface area contributed by atoms with Crippen molar-refractivity contribution in [1.29, 1.82) is 0 Å². The van der Waals surface area contributed by atoms with Crippen molar-refractivity contribution >= 4 is 5.91 Å². The van der Waals surface area contributed by atoms with Gasteiger partial charge in [-0.1, -0.05) is 19.8 Å². The Morgan fingerprint density at radius 3 is 2.33 bits per heavy atom. The van der Waals surface area contributed by atoms with Crippen molar-refractivity contribution in [2.45, 2.75) is 32.6 Å². The number of carbonyl (C=O) groups excluding carboxylic acids is 1. The number of rotatable bonds is 4. The van der Waals surface area contributed by atoms with Crippen LogP contribution in [0.3, 0.4) is 0 Å². The Bertz CT molecular complexity index is 73.5. The van der Waals surface area contributed by atoms with E-state index in [1.54, 1.807) is 0 Å². The molecule has 0 spiro atoms. The summed E-state index contributed by atoms with van der Waals surface area (Å²) < 4.78 is 0. The normalized spacial score (nSPS) is 8.11. The van der Waals surface area contributed by atoms with Gasteiger partial charge in [0.1, 0.15) is 0 Å². The van der Waals surface area contributed by atoms with E-state index < -0.39 is 0 Å². The van der Waals surface area contributed by atoms with E-state index in [-0.39, 0.29) is 12.1 Å². The van der Waals surface area contributed by atoms with Gasteiger partial charge in [0, 0.05) is 6.42 Å². The Balaban J connectivity index is 0. The zero-order valence-corrected chi connectivity index (χ0v) is 6.02. The van der Waals surface area contributed by atoms with E-state index in [9.17, 15) is 4.79 Å². The molecule has 0 bridgehead atoms. The topological polar surface area (TPSA) is 78.1 Å². The number of amides is 1. The maximum atomic E-state index is 10.1. The monoisotopic (exact) mass is 132 g/mol. The van der Waals surface area contributed by atoms with Crippen molar-refractivity contribution in [2.24, 2.45) is 5.73 Å². The van der Waals surface area contributed by atoms with Gasteiger partial charge < -0.3 is 11.9 Å². The van der Waals surface area contributed by atoms with E-state index >= 15 is 0 Å². The minimum atomic E-state index is -0.182. The van der Waals surface area contributed by atoms with Gasteiger partial charge >= 0.3 is 0 Å². The summed E-state index contributed by atoms with van der Waals surface area (Å²) >= 11 is 0. The van der Waals surface area contributed by atoms with Gasteiger partial charge in [-0.25, -0.2) is 0 Å². The van der Waals surface area contributed by atoms with Gasteiger partial charge in [-0.3, -0.25) is 4.79 Å². The summed E-state index contributed by atoms with van der Waals surface area (Å²) in [5.41, 5.74) is 4.89. The average molecular weight is 132 g/mol. The summed E-state index contributed by atoms with van der Waals surface area (Å²) in [4.78, 5) is 10.1. The van der Waals surface area contributed by atoms with E-state index in [2.05, 4.69) is 6.92 Å². The molecule has 0 saturated carbocycles. The highest BCUT2D eigenvalue weighted by Crippen LogP contribution is 1.96. The number of carbonyl (C=O) groups is 1. The first-order valence-corrected chi connectivity index (χ1v) is 3.05. The molecule has 1 amide bonds. The van der Waals surface area contributed by atoms with E-state index in [1.165, 1.54) is 0 Å². The Morgan fingerprint density at radius 2 is 2.00 bits per heavy atom. The maximum Gasteiger partial charge on any atom is 0.217 e. The molecule has 9 heavy (non-hydrogen) atoms. The molecule has 0 aromatic rings. The highest BCUT2D eigenvalue weighted by Gasteiger charge is 1.90. The van der Waals surface area contributed by atoms with Crippen LogP contribution in [0.15, 0.2) is 0 Å². The molecule has 0 fully saturated rings. The minimum Gasteiger partial charge on any atom is -0.370 e. The van der Waals surface area contributed by atoms with Crippen molar-refractivity contribution in [2.75, 3.05) is 0 Å². The van der Waals surface area contributed by atoms with Crippen LogP contribution < -0.4 is 11.9 Å². The number of hydrogen-bond acceptors (Lipinski definition) is 2. The number of unbranched alkanes of at least 4 members (excludes halogenated alkanes) is 2. The fourth-order valence-electron chi connectivity index (χ4n) is 0.549. The predicted molar refractivity (Wildman–Crippen MR) is 38.4 cm³/mol. The molecular formula is C6H16N2O. The molecule has 0 aromatic heterocycles.